The molecule has 2 aliphatic rings. The number of amides is 1. The summed E-state index contributed by atoms with van der Waals surface area (Å²) in [5.41, 5.74) is 2.27. The lowest BCUT2D eigenvalue weighted by Gasteiger charge is -2.34. The van der Waals surface area contributed by atoms with Gasteiger partial charge in [-0.15, -0.1) is 0 Å². The van der Waals surface area contributed by atoms with Gasteiger partial charge in [0.05, 0.1) is 4.91 Å². The molecule has 0 spiro atoms. The van der Waals surface area contributed by atoms with Gasteiger partial charge in [0.2, 0.25) is 0 Å². The fourth-order valence-corrected chi connectivity index (χ4v) is 4.47. The van der Waals surface area contributed by atoms with Crippen molar-refractivity contribution in [3.63, 3.8) is 0 Å². The average Bonchev–Trinajstić information content (AvgIpc) is 2.98. The van der Waals surface area contributed by atoms with Gasteiger partial charge in [0.25, 0.3) is 5.91 Å². The lowest BCUT2D eigenvalue weighted by atomic mass is 10.1. The molecule has 0 unspecified atom stereocenters. The van der Waals surface area contributed by atoms with Gasteiger partial charge >= 0.3 is 0 Å². The zero-order chi connectivity index (χ0) is 17.8. The summed E-state index contributed by atoms with van der Waals surface area (Å²) in [7, 11) is 0. The Morgan fingerprint density at radius 3 is 2.60 bits per heavy atom. The van der Waals surface area contributed by atoms with E-state index >= 15 is 0 Å². The molecule has 0 aromatic heterocycles. The van der Waals surface area contributed by atoms with Gasteiger partial charge in [-0.1, -0.05) is 12.1 Å². The summed E-state index contributed by atoms with van der Waals surface area (Å²) >= 11 is 1.52. The van der Waals surface area contributed by atoms with Crippen LogP contribution in [0.5, 0.6) is 0 Å². The van der Waals surface area contributed by atoms with Crippen LogP contribution in [-0.2, 0) is 4.79 Å². The number of hydrogen-bond donors (Lipinski definition) is 0. The van der Waals surface area contributed by atoms with E-state index in [2.05, 4.69) is 59.8 Å². The summed E-state index contributed by atoms with van der Waals surface area (Å²) in [5, 5.41) is 0.878. The topological polar surface area (TPSA) is 35.9 Å². The van der Waals surface area contributed by atoms with Crippen LogP contribution in [0.1, 0.15) is 45.6 Å². The van der Waals surface area contributed by atoms with Gasteiger partial charge in [0, 0.05) is 31.4 Å². The number of carbonyl (C=O) groups is 1. The van der Waals surface area contributed by atoms with Crippen LogP contribution < -0.4 is 4.90 Å². The number of benzene rings is 1. The van der Waals surface area contributed by atoms with Crippen LogP contribution in [0.2, 0.25) is 0 Å². The molecule has 134 valence electrons. The number of aliphatic imine (C=N–C) groups is 1. The standard InChI is InChI=1S/C20H27N3OS/c1-4-22(5-2)17-11-9-16(10-12-17)14-18-19(24)21-20(25-18)23-13-7-6-8-15(23)3/h9-12,14-15H,4-8,13H2,1-3H3/b18-14+/t15-/m1/s1. The van der Waals surface area contributed by atoms with Crippen molar-refractivity contribution in [2.75, 3.05) is 24.5 Å². The number of piperidine rings is 1. The molecule has 4 nitrogen and oxygen atoms in total. The van der Waals surface area contributed by atoms with Gasteiger partial charge in [0.1, 0.15) is 0 Å². The third-order valence-electron chi connectivity index (χ3n) is 4.98. The quantitative estimate of drug-likeness (QED) is 0.749. The van der Waals surface area contributed by atoms with Crippen LogP contribution in [0.4, 0.5) is 5.69 Å². The molecule has 5 heteroatoms. The van der Waals surface area contributed by atoms with Crippen LogP contribution in [0.3, 0.4) is 0 Å². The summed E-state index contributed by atoms with van der Waals surface area (Å²) < 4.78 is 0. The summed E-state index contributed by atoms with van der Waals surface area (Å²) in [4.78, 5) is 21.9. The van der Waals surface area contributed by atoms with Crippen molar-refractivity contribution in [1.82, 2.24) is 4.90 Å². The number of carbonyl (C=O) groups excluding carboxylic acids is 1. The Hall–Kier alpha value is -1.75. The summed E-state index contributed by atoms with van der Waals surface area (Å²) in [5.74, 6) is -0.106. The lowest BCUT2D eigenvalue weighted by Crippen LogP contribution is -2.40. The second-order valence-corrected chi connectivity index (χ2v) is 7.62. The minimum Gasteiger partial charge on any atom is -0.372 e. The first-order chi connectivity index (χ1) is 12.1. The van der Waals surface area contributed by atoms with E-state index in [-0.39, 0.29) is 5.91 Å². The van der Waals surface area contributed by atoms with E-state index in [1.807, 2.05) is 6.08 Å². The molecule has 3 rings (SSSR count). The van der Waals surface area contributed by atoms with Crippen LogP contribution in [0.25, 0.3) is 6.08 Å². The van der Waals surface area contributed by atoms with Gasteiger partial charge in [-0.05, 0) is 75.6 Å². The molecular weight excluding hydrogens is 330 g/mol. The van der Waals surface area contributed by atoms with E-state index in [1.54, 1.807) is 0 Å². The fraction of sp³-hybridized carbons (Fsp3) is 0.500. The fourth-order valence-electron chi connectivity index (χ4n) is 3.42. The highest BCUT2D eigenvalue weighted by molar-refractivity contribution is 8.18. The Bertz CT molecular complexity index is 677. The number of nitrogens with zero attached hydrogens (tertiary/aromatic N) is 3. The van der Waals surface area contributed by atoms with Crippen LogP contribution in [0.15, 0.2) is 34.2 Å². The molecule has 1 aromatic rings. The molecule has 1 saturated heterocycles. The third kappa shape index (κ3) is 4.09. The first-order valence-electron chi connectivity index (χ1n) is 9.26. The maximum absolute atomic E-state index is 12.3. The van der Waals surface area contributed by atoms with E-state index in [0.717, 1.165) is 35.3 Å². The highest BCUT2D eigenvalue weighted by Gasteiger charge is 2.29. The molecule has 0 N–H and O–H groups in total. The molecule has 1 aromatic carbocycles. The first-order valence-corrected chi connectivity index (χ1v) is 10.1. The molecule has 1 fully saturated rings. The molecule has 2 aliphatic heterocycles. The predicted molar refractivity (Wildman–Crippen MR) is 108 cm³/mol. The van der Waals surface area contributed by atoms with Crippen molar-refractivity contribution in [3.05, 3.63) is 34.7 Å². The number of rotatable bonds is 4. The Balaban J connectivity index is 1.71. The number of anilines is 1. The van der Waals surface area contributed by atoms with Gasteiger partial charge in [-0.25, -0.2) is 0 Å². The Kier molecular flexibility index (Phi) is 5.84. The Morgan fingerprint density at radius 2 is 1.96 bits per heavy atom. The van der Waals surface area contributed by atoms with Crippen molar-refractivity contribution in [2.24, 2.45) is 4.99 Å². The van der Waals surface area contributed by atoms with E-state index in [0.29, 0.717) is 6.04 Å². The van der Waals surface area contributed by atoms with Crippen molar-refractivity contribution in [2.45, 2.75) is 46.1 Å². The summed E-state index contributed by atoms with van der Waals surface area (Å²) in [6.45, 7) is 9.54. The highest BCUT2D eigenvalue weighted by atomic mass is 32.2. The zero-order valence-corrected chi connectivity index (χ0v) is 16.2. The van der Waals surface area contributed by atoms with E-state index in [1.165, 1.54) is 36.7 Å². The minimum atomic E-state index is -0.106. The second-order valence-electron chi connectivity index (χ2n) is 6.61. The predicted octanol–water partition coefficient (Wildman–Crippen LogP) is 4.38. The normalized spacial score (nSPS) is 22.4. The smallest absolute Gasteiger partial charge is 0.286 e. The lowest BCUT2D eigenvalue weighted by molar-refractivity contribution is -0.113. The Labute approximate surface area is 155 Å². The highest BCUT2D eigenvalue weighted by Crippen LogP contribution is 2.33. The monoisotopic (exact) mass is 357 g/mol. The summed E-state index contributed by atoms with van der Waals surface area (Å²) in [6, 6.07) is 8.88. The number of thioether (sulfide) groups is 1. The molecule has 1 amide bonds. The average molecular weight is 358 g/mol. The van der Waals surface area contributed by atoms with Gasteiger partial charge in [0.15, 0.2) is 5.17 Å². The number of amidine groups is 1. The van der Waals surface area contributed by atoms with Gasteiger partial charge in [-0.2, -0.15) is 4.99 Å². The third-order valence-corrected chi connectivity index (χ3v) is 6.00. The first kappa shape index (κ1) is 18.1. The number of hydrogen-bond acceptors (Lipinski definition) is 4. The van der Waals surface area contributed by atoms with Crippen LogP contribution in [0, 0.1) is 0 Å². The zero-order valence-electron chi connectivity index (χ0n) is 15.4. The van der Waals surface area contributed by atoms with Crippen LogP contribution >= 0.6 is 11.8 Å². The molecule has 0 saturated carbocycles. The molecule has 2 heterocycles. The van der Waals surface area contributed by atoms with E-state index in [4.69, 9.17) is 0 Å². The van der Waals surface area contributed by atoms with Crippen molar-refractivity contribution in [1.29, 1.82) is 0 Å². The molecule has 0 radical (unpaired) electrons. The van der Waals surface area contributed by atoms with Crippen LogP contribution in [-0.4, -0.2) is 41.7 Å². The van der Waals surface area contributed by atoms with Crippen molar-refractivity contribution in [3.8, 4) is 0 Å². The van der Waals surface area contributed by atoms with Gasteiger partial charge in [-0.3, -0.25) is 4.79 Å². The van der Waals surface area contributed by atoms with Gasteiger partial charge < -0.3 is 9.80 Å². The molecule has 25 heavy (non-hydrogen) atoms. The SMILES string of the molecule is CCN(CC)c1ccc(/C=C2/SC(N3CCCC[C@H]3C)=NC2=O)cc1. The minimum absolute atomic E-state index is 0.106. The largest absolute Gasteiger partial charge is 0.372 e. The van der Waals surface area contributed by atoms with E-state index < -0.39 is 0 Å². The molecule has 1 atom stereocenters. The van der Waals surface area contributed by atoms with Crippen molar-refractivity contribution < 1.29 is 4.79 Å². The number of likely N-dealkylation sites (tertiary alicyclic amines) is 1. The second kappa shape index (κ2) is 8.09. The van der Waals surface area contributed by atoms with E-state index in [9.17, 15) is 4.79 Å². The van der Waals surface area contributed by atoms with Crippen molar-refractivity contribution >= 4 is 34.6 Å². The molecular formula is C20H27N3OS. The Morgan fingerprint density at radius 1 is 1.24 bits per heavy atom. The summed E-state index contributed by atoms with van der Waals surface area (Å²) in [6.07, 6.45) is 5.60. The molecule has 0 bridgehead atoms. The maximum Gasteiger partial charge on any atom is 0.286 e. The molecule has 0 aliphatic carbocycles. The maximum atomic E-state index is 12.3.